The molecule has 17 heavy (non-hydrogen) atoms. The van der Waals surface area contributed by atoms with Crippen LogP contribution in [0.5, 0.6) is 0 Å². The average molecular weight is 277 g/mol. The van der Waals surface area contributed by atoms with Gasteiger partial charge >= 0.3 is 0 Å². The summed E-state index contributed by atoms with van der Waals surface area (Å²) in [7, 11) is -0.680. The van der Waals surface area contributed by atoms with E-state index in [1.54, 1.807) is 6.26 Å². The zero-order valence-corrected chi connectivity index (χ0v) is 12.2. The highest BCUT2D eigenvalue weighted by Crippen LogP contribution is 2.37. The normalized spacial score (nSPS) is 30.3. The number of hydrogen-bond donors (Lipinski definition) is 1. The molecular weight excluding hydrogens is 254 g/mol. The van der Waals surface area contributed by atoms with Gasteiger partial charge in [-0.25, -0.2) is 0 Å². The van der Waals surface area contributed by atoms with Crippen LogP contribution in [0.1, 0.15) is 25.7 Å². The molecule has 0 saturated carbocycles. The zero-order chi connectivity index (χ0) is 12.1. The lowest BCUT2D eigenvalue weighted by Crippen LogP contribution is -2.49. The molecule has 2 atom stereocenters. The maximum absolute atomic E-state index is 11.0. The minimum absolute atomic E-state index is 0.159. The van der Waals surface area contributed by atoms with Gasteiger partial charge < -0.3 is 10.1 Å². The second-order valence-electron chi connectivity index (χ2n) is 5.07. The molecule has 0 aliphatic carbocycles. The van der Waals surface area contributed by atoms with Crippen molar-refractivity contribution >= 4 is 22.6 Å². The molecule has 0 bridgehead atoms. The lowest BCUT2D eigenvalue weighted by atomic mass is 9.85. The highest BCUT2D eigenvalue weighted by atomic mass is 32.2. The smallest absolute Gasteiger partial charge is 0.0713 e. The molecule has 3 nitrogen and oxygen atoms in total. The molecule has 1 spiro atoms. The molecule has 2 aliphatic heterocycles. The lowest BCUT2D eigenvalue weighted by molar-refractivity contribution is -0.0929. The molecule has 2 fully saturated rings. The van der Waals surface area contributed by atoms with Crippen LogP contribution in [0.2, 0.25) is 0 Å². The summed E-state index contributed by atoms with van der Waals surface area (Å²) in [6.45, 7) is 1.76. The molecule has 1 N–H and O–H groups in total. The summed E-state index contributed by atoms with van der Waals surface area (Å²) in [6, 6.07) is 0.565. The lowest BCUT2D eigenvalue weighted by Gasteiger charge is -2.43. The first-order chi connectivity index (χ1) is 8.20. The third-order valence-corrected chi connectivity index (χ3v) is 5.48. The van der Waals surface area contributed by atoms with Crippen molar-refractivity contribution < 1.29 is 8.95 Å². The molecule has 2 heterocycles. The molecule has 2 rings (SSSR count). The van der Waals surface area contributed by atoms with E-state index in [4.69, 9.17) is 4.74 Å². The first kappa shape index (κ1) is 13.8. The van der Waals surface area contributed by atoms with Crippen molar-refractivity contribution in [1.82, 2.24) is 5.32 Å². The van der Waals surface area contributed by atoms with Crippen LogP contribution in [0.15, 0.2) is 0 Å². The van der Waals surface area contributed by atoms with Gasteiger partial charge in [0.05, 0.1) is 5.60 Å². The second kappa shape index (κ2) is 6.55. The van der Waals surface area contributed by atoms with Crippen molar-refractivity contribution in [2.45, 2.75) is 37.3 Å². The van der Waals surface area contributed by atoms with E-state index in [1.165, 1.54) is 24.3 Å². The predicted molar refractivity (Wildman–Crippen MR) is 75.2 cm³/mol. The van der Waals surface area contributed by atoms with Gasteiger partial charge in [0.25, 0.3) is 0 Å². The first-order valence-electron chi connectivity index (χ1n) is 6.45. The summed E-state index contributed by atoms with van der Waals surface area (Å²) in [5, 5.41) is 3.54. The Balaban J connectivity index is 1.77. The van der Waals surface area contributed by atoms with E-state index in [1.807, 2.05) is 11.8 Å². The third-order valence-electron chi connectivity index (χ3n) is 3.72. The highest BCUT2D eigenvalue weighted by Gasteiger charge is 2.38. The minimum Gasteiger partial charge on any atom is -0.375 e. The van der Waals surface area contributed by atoms with Crippen molar-refractivity contribution in [3.8, 4) is 0 Å². The fraction of sp³-hybridized carbons (Fsp3) is 1.00. The quantitative estimate of drug-likeness (QED) is 0.843. The van der Waals surface area contributed by atoms with E-state index in [2.05, 4.69) is 5.32 Å². The van der Waals surface area contributed by atoms with E-state index in [9.17, 15) is 4.21 Å². The fourth-order valence-corrected chi connectivity index (χ4v) is 4.34. The molecule has 2 aliphatic rings. The third kappa shape index (κ3) is 4.23. The van der Waals surface area contributed by atoms with E-state index < -0.39 is 10.8 Å². The van der Waals surface area contributed by atoms with Crippen LogP contribution in [0, 0.1) is 0 Å². The Morgan fingerprint density at radius 2 is 2.24 bits per heavy atom. The van der Waals surface area contributed by atoms with Crippen LogP contribution in [0.3, 0.4) is 0 Å². The van der Waals surface area contributed by atoms with Crippen molar-refractivity contribution in [1.29, 1.82) is 0 Å². The van der Waals surface area contributed by atoms with Crippen molar-refractivity contribution in [3.63, 3.8) is 0 Å². The van der Waals surface area contributed by atoms with Crippen molar-refractivity contribution in [2.24, 2.45) is 0 Å². The van der Waals surface area contributed by atoms with E-state index in [-0.39, 0.29) is 5.60 Å². The second-order valence-corrected chi connectivity index (χ2v) is 7.84. The van der Waals surface area contributed by atoms with Crippen LogP contribution in [-0.4, -0.2) is 52.5 Å². The Morgan fingerprint density at radius 3 is 2.94 bits per heavy atom. The van der Waals surface area contributed by atoms with Gasteiger partial charge in [0, 0.05) is 42.0 Å². The molecular formula is C12H23NO2S2. The molecule has 100 valence electrons. The van der Waals surface area contributed by atoms with Crippen molar-refractivity contribution in [2.75, 3.05) is 36.7 Å². The number of hydrogen-bond acceptors (Lipinski definition) is 4. The standard InChI is InChI=1S/C12H23NO2S2/c1-17(14)9-5-13-11-2-6-15-12(10-11)3-7-16-8-4-12/h11,13H,2-10H2,1H3. The summed E-state index contributed by atoms with van der Waals surface area (Å²) in [5.74, 6) is 3.25. The average Bonchev–Trinajstić information content (AvgIpc) is 2.29. The van der Waals surface area contributed by atoms with Gasteiger partial charge in [-0.3, -0.25) is 4.21 Å². The Morgan fingerprint density at radius 1 is 1.47 bits per heavy atom. The summed E-state index contributed by atoms with van der Waals surface area (Å²) < 4.78 is 17.1. The Hall–Kier alpha value is 0.420. The SMILES string of the molecule is CS(=O)CCNC1CCOC2(CCSCC2)C1. The van der Waals surface area contributed by atoms with E-state index >= 15 is 0 Å². The van der Waals surface area contributed by atoms with Gasteiger partial charge in [-0.05, 0) is 37.2 Å². The van der Waals surface area contributed by atoms with Gasteiger partial charge in [0.15, 0.2) is 0 Å². The fourth-order valence-electron chi connectivity index (χ4n) is 2.70. The summed E-state index contributed by atoms with van der Waals surface area (Å²) in [4.78, 5) is 0. The molecule has 0 aromatic carbocycles. The molecule has 0 radical (unpaired) electrons. The van der Waals surface area contributed by atoms with Gasteiger partial charge in [-0.1, -0.05) is 0 Å². The number of thioether (sulfide) groups is 1. The highest BCUT2D eigenvalue weighted by molar-refractivity contribution is 7.99. The van der Waals surface area contributed by atoms with Crippen LogP contribution in [-0.2, 0) is 15.5 Å². The topological polar surface area (TPSA) is 38.3 Å². The van der Waals surface area contributed by atoms with Crippen molar-refractivity contribution in [3.05, 3.63) is 0 Å². The minimum atomic E-state index is -0.680. The predicted octanol–water partition coefficient (Wildman–Crippen LogP) is 1.40. The van der Waals surface area contributed by atoms with Crippen LogP contribution < -0.4 is 5.32 Å². The number of ether oxygens (including phenoxy) is 1. The summed E-state index contributed by atoms with van der Waals surface area (Å²) in [5.41, 5.74) is 0.159. The monoisotopic (exact) mass is 277 g/mol. The largest absolute Gasteiger partial charge is 0.375 e. The van der Waals surface area contributed by atoms with Gasteiger partial charge in [0.2, 0.25) is 0 Å². The van der Waals surface area contributed by atoms with Crippen LogP contribution in [0.4, 0.5) is 0 Å². The van der Waals surface area contributed by atoms with Gasteiger partial charge in [-0.2, -0.15) is 11.8 Å². The maximum atomic E-state index is 11.0. The zero-order valence-electron chi connectivity index (χ0n) is 10.6. The first-order valence-corrected chi connectivity index (χ1v) is 9.34. The van der Waals surface area contributed by atoms with Gasteiger partial charge in [0.1, 0.15) is 0 Å². The Kier molecular flexibility index (Phi) is 5.33. The van der Waals surface area contributed by atoms with E-state index in [0.717, 1.165) is 31.7 Å². The molecule has 0 aromatic rings. The van der Waals surface area contributed by atoms with Crippen LogP contribution in [0.25, 0.3) is 0 Å². The van der Waals surface area contributed by atoms with E-state index in [0.29, 0.717) is 6.04 Å². The summed E-state index contributed by atoms with van der Waals surface area (Å²) >= 11 is 2.04. The molecule has 0 amide bonds. The molecule has 2 saturated heterocycles. The maximum Gasteiger partial charge on any atom is 0.0713 e. The Labute approximate surface area is 111 Å². The molecule has 2 unspecified atom stereocenters. The van der Waals surface area contributed by atoms with Crippen LogP contribution >= 0.6 is 11.8 Å². The summed E-state index contributed by atoms with van der Waals surface area (Å²) in [6.07, 6.45) is 6.42. The Bertz CT molecular complexity index is 262. The molecule has 5 heteroatoms. The molecule has 0 aromatic heterocycles. The number of rotatable bonds is 4. The number of nitrogens with one attached hydrogen (secondary N) is 1. The van der Waals surface area contributed by atoms with Gasteiger partial charge in [-0.15, -0.1) is 0 Å².